The van der Waals surface area contributed by atoms with Gasteiger partial charge in [0.15, 0.2) is 0 Å². The second-order valence-electron chi connectivity index (χ2n) is 5.46. The summed E-state index contributed by atoms with van der Waals surface area (Å²) in [6.45, 7) is 0. The second-order valence-corrected chi connectivity index (χ2v) is 6.99. The summed E-state index contributed by atoms with van der Waals surface area (Å²) in [7, 11) is 0. The minimum absolute atomic E-state index is 0.374. The third kappa shape index (κ3) is 3.40. The topological polar surface area (TPSA) is 17.1 Å². The molecule has 120 valence electrons. The van der Waals surface area contributed by atoms with Crippen molar-refractivity contribution in [2.45, 2.75) is 10.5 Å². The van der Waals surface area contributed by atoms with Crippen LogP contribution in [0.5, 0.6) is 0 Å². The minimum Gasteiger partial charge on any atom is -0.279 e. The molecule has 3 heteroatoms. The lowest BCUT2D eigenvalue weighted by Crippen LogP contribution is -2.30. The lowest BCUT2D eigenvalue weighted by Gasteiger charge is -2.31. The zero-order valence-corrected chi connectivity index (χ0v) is 14.6. The van der Waals surface area contributed by atoms with Crippen molar-refractivity contribution >= 4 is 28.6 Å². The van der Waals surface area contributed by atoms with E-state index in [1.165, 1.54) is 0 Å². The maximum Gasteiger partial charge on any atom is 0.246 e. The van der Waals surface area contributed by atoms with Gasteiger partial charge < -0.3 is 0 Å². The van der Waals surface area contributed by atoms with Crippen molar-refractivity contribution in [2.75, 3.05) is 0 Å². The molecule has 0 bridgehead atoms. The Morgan fingerprint density at radius 3 is 1.58 bits per heavy atom. The van der Waals surface area contributed by atoms with Gasteiger partial charge in [0.05, 0.1) is 0 Å². The first-order valence-electron chi connectivity index (χ1n) is 7.72. The molecule has 0 aliphatic heterocycles. The number of halogens is 1. The highest BCUT2D eigenvalue weighted by Gasteiger charge is 2.41. The van der Waals surface area contributed by atoms with E-state index in [1.54, 1.807) is 11.8 Å². The van der Waals surface area contributed by atoms with Gasteiger partial charge in [-0.3, -0.25) is 4.79 Å². The molecule has 0 heterocycles. The molecule has 24 heavy (non-hydrogen) atoms. The first-order chi connectivity index (χ1) is 11.7. The summed E-state index contributed by atoms with van der Waals surface area (Å²) in [5.41, 5.74) is 2.96. The lowest BCUT2D eigenvalue weighted by atomic mass is 9.91. The fourth-order valence-corrected chi connectivity index (χ4v) is 4.41. The summed E-state index contributed by atoms with van der Waals surface area (Å²) >= 11 is 7.73. The van der Waals surface area contributed by atoms with Crippen LogP contribution in [0.3, 0.4) is 0 Å². The van der Waals surface area contributed by atoms with Gasteiger partial charge >= 0.3 is 0 Å². The Morgan fingerprint density at radius 1 is 0.750 bits per heavy atom. The predicted molar refractivity (Wildman–Crippen MR) is 102 cm³/mol. The lowest BCUT2D eigenvalue weighted by molar-refractivity contribution is -0.113. The van der Waals surface area contributed by atoms with E-state index in [0.29, 0.717) is 5.75 Å². The van der Waals surface area contributed by atoms with Crippen molar-refractivity contribution in [3.05, 3.63) is 108 Å². The molecule has 0 fully saturated rings. The zero-order chi connectivity index (χ0) is 16.8. The molecule has 0 spiro atoms. The zero-order valence-electron chi connectivity index (χ0n) is 13.1. The number of hydrogen-bond acceptors (Lipinski definition) is 2. The SMILES string of the molecule is O=C(Cl)C(SCc1ccccc1)(c1ccccc1)c1ccccc1. The van der Waals surface area contributed by atoms with E-state index >= 15 is 0 Å². The second kappa shape index (κ2) is 7.69. The molecule has 0 atom stereocenters. The van der Waals surface area contributed by atoms with Crippen molar-refractivity contribution in [2.24, 2.45) is 0 Å². The van der Waals surface area contributed by atoms with Gasteiger partial charge in [0.25, 0.3) is 0 Å². The Kier molecular flexibility index (Phi) is 5.39. The summed E-state index contributed by atoms with van der Waals surface area (Å²) in [6, 6.07) is 29.6. The standard InChI is InChI=1S/C21H17ClOS/c22-20(23)21(18-12-6-2-7-13-18,19-14-8-3-9-15-19)24-16-17-10-4-1-5-11-17/h1-15H,16H2. The van der Waals surface area contributed by atoms with Gasteiger partial charge in [0.2, 0.25) is 5.24 Å². The number of benzene rings is 3. The Balaban J connectivity index is 2.07. The quantitative estimate of drug-likeness (QED) is 0.535. The first-order valence-corrected chi connectivity index (χ1v) is 9.09. The van der Waals surface area contributed by atoms with Crippen LogP contribution in [0.15, 0.2) is 91.0 Å². The van der Waals surface area contributed by atoms with E-state index < -0.39 is 4.75 Å². The first kappa shape index (κ1) is 16.8. The average molecular weight is 353 g/mol. The van der Waals surface area contributed by atoms with Crippen LogP contribution >= 0.6 is 23.4 Å². The number of thioether (sulfide) groups is 1. The molecular formula is C21H17ClOS. The number of carbonyl (C=O) groups is 1. The number of hydrogen-bond donors (Lipinski definition) is 0. The normalized spacial score (nSPS) is 11.2. The van der Waals surface area contributed by atoms with Crippen LogP contribution in [0.4, 0.5) is 0 Å². The summed E-state index contributed by atoms with van der Waals surface area (Å²) in [5.74, 6) is 0.698. The monoisotopic (exact) mass is 352 g/mol. The molecule has 0 saturated heterocycles. The van der Waals surface area contributed by atoms with E-state index in [-0.39, 0.29) is 5.24 Å². The van der Waals surface area contributed by atoms with Crippen LogP contribution in [-0.2, 0) is 15.3 Å². The molecule has 0 N–H and O–H groups in total. The van der Waals surface area contributed by atoms with Gasteiger partial charge in [0.1, 0.15) is 4.75 Å². The molecule has 0 aliphatic carbocycles. The van der Waals surface area contributed by atoms with Crippen molar-refractivity contribution in [1.29, 1.82) is 0 Å². The molecule has 0 saturated carbocycles. The minimum atomic E-state index is -0.917. The highest BCUT2D eigenvalue weighted by molar-refractivity contribution is 8.00. The molecular weight excluding hydrogens is 336 g/mol. The van der Waals surface area contributed by atoms with Crippen LogP contribution in [0.25, 0.3) is 0 Å². The molecule has 3 aromatic carbocycles. The molecule has 0 aromatic heterocycles. The Bertz CT molecular complexity index is 748. The Morgan fingerprint density at radius 2 is 1.17 bits per heavy atom. The fraction of sp³-hybridized carbons (Fsp3) is 0.0952. The van der Waals surface area contributed by atoms with Crippen LogP contribution in [0.1, 0.15) is 16.7 Å². The van der Waals surface area contributed by atoms with Crippen molar-refractivity contribution in [1.82, 2.24) is 0 Å². The van der Waals surface area contributed by atoms with Crippen molar-refractivity contribution in [3.8, 4) is 0 Å². The molecule has 3 rings (SSSR count). The molecule has 1 nitrogen and oxygen atoms in total. The summed E-state index contributed by atoms with van der Waals surface area (Å²) in [5, 5.41) is -0.374. The molecule has 0 aliphatic rings. The number of carbonyl (C=O) groups excluding carboxylic acids is 1. The van der Waals surface area contributed by atoms with Gasteiger partial charge in [-0.15, -0.1) is 11.8 Å². The van der Waals surface area contributed by atoms with Crippen LogP contribution in [-0.4, -0.2) is 5.24 Å². The van der Waals surface area contributed by atoms with E-state index in [9.17, 15) is 4.79 Å². The summed E-state index contributed by atoms with van der Waals surface area (Å²) in [4.78, 5) is 12.6. The van der Waals surface area contributed by atoms with Crippen molar-refractivity contribution < 1.29 is 4.79 Å². The highest BCUT2D eigenvalue weighted by Crippen LogP contribution is 2.46. The van der Waals surface area contributed by atoms with Gasteiger partial charge in [0, 0.05) is 5.75 Å². The van der Waals surface area contributed by atoms with E-state index in [4.69, 9.17) is 11.6 Å². The van der Waals surface area contributed by atoms with Crippen LogP contribution in [0.2, 0.25) is 0 Å². The highest BCUT2D eigenvalue weighted by atomic mass is 35.5. The van der Waals surface area contributed by atoms with Crippen LogP contribution in [0, 0.1) is 0 Å². The third-order valence-electron chi connectivity index (χ3n) is 3.94. The Labute approximate surface area is 151 Å². The third-order valence-corrected chi connectivity index (χ3v) is 5.90. The van der Waals surface area contributed by atoms with E-state index in [0.717, 1.165) is 16.7 Å². The molecule has 0 unspecified atom stereocenters. The molecule has 0 radical (unpaired) electrons. The molecule has 3 aromatic rings. The maximum absolute atomic E-state index is 12.6. The smallest absolute Gasteiger partial charge is 0.246 e. The van der Waals surface area contributed by atoms with E-state index in [2.05, 4.69) is 12.1 Å². The van der Waals surface area contributed by atoms with Gasteiger partial charge in [-0.05, 0) is 28.3 Å². The summed E-state index contributed by atoms with van der Waals surface area (Å²) < 4.78 is -0.917. The van der Waals surface area contributed by atoms with Crippen molar-refractivity contribution in [3.63, 3.8) is 0 Å². The van der Waals surface area contributed by atoms with E-state index in [1.807, 2.05) is 78.9 Å². The number of rotatable bonds is 6. The van der Waals surface area contributed by atoms with Crippen LogP contribution < -0.4 is 0 Å². The molecule has 0 amide bonds. The predicted octanol–water partition coefficient (Wildman–Crippen LogP) is 5.63. The fourth-order valence-electron chi connectivity index (χ4n) is 2.73. The van der Waals surface area contributed by atoms with Gasteiger partial charge in [-0.1, -0.05) is 91.0 Å². The average Bonchev–Trinajstić information content (AvgIpc) is 2.65. The maximum atomic E-state index is 12.6. The van der Waals surface area contributed by atoms with Gasteiger partial charge in [-0.2, -0.15) is 0 Å². The largest absolute Gasteiger partial charge is 0.279 e. The summed E-state index contributed by atoms with van der Waals surface area (Å²) in [6.07, 6.45) is 0. The van der Waals surface area contributed by atoms with Gasteiger partial charge in [-0.25, -0.2) is 0 Å². The Hall–Kier alpha value is -2.03.